The van der Waals surface area contributed by atoms with E-state index in [0.717, 1.165) is 29.4 Å². The predicted octanol–water partition coefficient (Wildman–Crippen LogP) is 2.53. The maximum absolute atomic E-state index is 12.1. The second kappa shape index (κ2) is 7.68. The molecule has 7 nitrogen and oxygen atoms in total. The van der Waals surface area contributed by atoms with Gasteiger partial charge in [-0.1, -0.05) is 0 Å². The number of hydrogen-bond acceptors (Lipinski definition) is 5. The van der Waals surface area contributed by atoms with Crippen LogP contribution in [0.3, 0.4) is 0 Å². The largest absolute Gasteiger partial charge is 0.490 e. The Bertz CT molecular complexity index is 1190. The predicted molar refractivity (Wildman–Crippen MR) is 110 cm³/mol. The van der Waals surface area contributed by atoms with Crippen LogP contribution >= 0.6 is 0 Å². The lowest BCUT2D eigenvalue weighted by Crippen LogP contribution is -2.26. The number of nitrogens with one attached hydrogen (secondary N) is 2. The summed E-state index contributed by atoms with van der Waals surface area (Å²) in [6.45, 7) is 0. The van der Waals surface area contributed by atoms with E-state index in [1.807, 2.05) is 6.07 Å². The van der Waals surface area contributed by atoms with Crippen molar-refractivity contribution in [3.63, 3.8) is 0 Å². The summed E-state index contributed by atoms with van der Waals surface area (Å²) in [4.78, 5) is 17.8. The first-order valence-corrected chi connectivity index (χ1v) is 11.6. The Hall–Kier alpha value is -2.58. The van der Waals surface area contributed by atoms with Gasteiger partial charge in [-0.15, -0.1) is 0 Å². The van der Waals surface area contributed by atoms with Gasteiger partial charge in [-0.05, 0) is 61.1 Å². The summed E-state index contributed by atoms with van der Waals surface area (Å²) in [7, 11) is -3.36. The molecule has 1 aliphatic carbocycles. The Labute approximate surface area is 168 Å². The van der Waals surface area contributed by atoms with Crippen LogP contribution in [0.1, 0.15) is 36.8 Å². The number of fused-ring (bicyclic) bond motifs is 1. The molecule has 3 N–H and O–H groups in total. The number of benzene rings is 1. The zero-order valence-electron chi connectivity index (χ0n) is 16.1. The van der Waals surface area contributed by atoms with Crippen molar-refractivity contribution >= 4 is 20.7 Å². The normalized spacial score (nSPS) is 20.1. The molecule has 0 saturated heterocycles. The molecule has 0 bridgehead atoms. The summed E-state index contributed by atoms with van der Waals surface area (Å²) in [5, 5.41) is 10.5. The minimum Gasteiger partial charge on any atom is -0.490 e. The number of aliphatic hydroxyl groups is 1. The van der Waals surface area contributed by atoms with Gasteiger partial charge in [0.1, 0.15) is 11.3 Å². The van der Waals surface area contributed by atoms with E-state index in [0.29, 0.717) is 30.5 Å². The van der Waals surface area contributed by atoms with Gasteiger partial charge in [0.15, 0.2) is 9.84 Å². The fraction of sp³-hybridized carbons (Fsp3) is 0.381. The maximum atomic E-state index is 12.1. The molecular weight excluding hydrogens is 392 g/mol. The van der Waals surface area contributed by atoms with Gasteiger partial charge in [-0.3, -0.25) is 4.79 Å². The van der Waals surface area contributed by atoms with Crippen LogP contribution in [-0.4, -0.2) is 42.0 Å². The van der Waals surface area contributed by atoms with Crippen molar-refractivity contribution in [3.05, 3.63) is 58.1 Å². The zero-order valence-corrected chi connectivity index (χ0v) is 17.0. The lowest BCUT2D eigenvalue weighted by atomic mass is 9.95. The third-order valence-corrected chi connectivity index (χ3v) is 6.59. The number of aromatic nitrogens is 2. The van der Waals surface area contributed by atoms with Gasteiger partial charge in [0.2, 0.25) is 0 Å². The van der Waals surface area contributed by atoms with E-state index in [1.54, 1.807) is 30.6 Å². The number of aromatic amines is 2. The third kappa shape index (κ3) is 4.23. The van der Waals surface area contributed by atoms with Crippen molar-refractivity contribution in [2.45, 2.75) is 49.2 Å². The fourth-order valence-corrected chi connectivity index (χ4v) is 4.53. The van der Waals surface area contributed by atoms with E-state index in [-0.39, 0.29) is 22.7 Å². The molecule has 8 heteroatoms. The van der Waals surface area contributed by atoms with Crippen LogP contribution in [-0.2, 0) is 16.3 Å². The van der Waals surface area contributed by atoms with Gasteiger partial charge >= 0.3 is 0 Å². The van der Waals surface area contributed by atoms with E-state index in [9.17, 15) is 18.3 Å². The number of ether oxygens (including phenoxy) is 1. The third-order valence-electron chi connectivity index (χ3n) is 5.48. The molecule has 1 aromatic carbocycles. The highest BCUT2D eigenvalue weighted by atomic mass is 32.2. The van der Waals surface area contributed by atoms with Crippen LogP contribution in [0.5, 0.6) is 5.75 Å². The Morgan fingerprint density at radius 3 is 2.59 bits per heavy atom. The van der Waals surface area contributed by atoms with E-state index in [2.05, 4.69) is 9.97 Å². The fourth-order valence-electron chi connectivity index (χ4n) is 3.86. The van der Waals surface area contributed by atoms with Gasteiger partial charge < -0.3 is 19.8 Å². The van der Waals surface area contributed by atoms with Crippen molar-refractivity contribution in [2.24, 2.45) is 0 Å². The van der Waals surface area contributed by atoms with Crippen LogP contribution in [0.2, 0.25) is 0 Å². The quantitative estimate of drug-likeness (QED) is 0.592. The number of hydrogen-bond donors (Lipinski definition) is 3. The number of H-pyrrole nitrogens is 2. The summed E-state index contributed by atoms with van der Waals surface area (Å²) < 4.78 is 30.3. The molecule has 154 valence electrons. The lowest BCUT2D eigenvalue weighted by Gasteiger charge is -2.27. The maximum Gasteiger partial charge on any atom is 0.272 e. The van der Waals surface area contributed by atoms with Crippen LogP contribution in [0, 0.1) is 0 Å². The molecule has 0 spiro atoms. The van der Waals surface area contributed by atoms with Crippen LogP contribution in [0.15, 0.2) is 46.3 Å². The Morgan fingerprint density at radius 2 is 1.86 bits per heavy atom. The molecule has 4 rings (SSSR count). The molecule has 0 unspecified atom stereocenters. The summed E-state index contributed by atoms with van der Waals surface area (Å²) in [6, 6.07) is 6.74. The molecule has 29 heavy (non-hydrogen) atoms. The standard InChI is InChI=1S/C21H24N2O5S/c1-29(26,27)17-6-7-19(28-16-4-2-15(24)3-5-16)13(11-17)10-14-12-23-20-18(14)8-9-22-21(20)25/h6-9,11-12,15-16,23-24H,2-5,10H2,1H3,(H,22,25). The minimum atomic E-state index is -3.36. The smallest absolute Gasteiger partial charge is 0.272 e. The molecule has 0 aliphatic heterocycles. The molecule has 2 aromatic heterocycles. The molecule has 1 saturated carbocycles. The molecule has 3 aromatic rings. The molecule has 0 radical (unpaired) electrons. The second-order valence-corrected chi connectivity index (χ2v) is 9.69. The Balaban J connectivity index is 1.70. The highest BCUT2D eigenvalue weighted by molar-refractivity contribution is 7.90. The number of sulfone groups is 1. The van der Waals surface area contributed by atoms with Crippen molar-refractivity contribution in [3.8, 4) is 5.75 Å². The molecular formula is C21H24N2O5S. The van der Waals surface area contributed by atoms with Gasteiger partial charge in [0.05, 0.1) is 17.1 Å². The number of pyridine rings is 1. The molecule has 1 fully saturated rings. The Morgan fingerprint density at radius 1 is 1.10 bits per heavy atom. The van der Waals surface area contributed by atoms with E-state index in [1.165, 1.54) is 6.26 Å². The lowest BCUT2D eigenvalue weighted by molar-refractivity contribution is 0.0661. The topological polar surface area (TPSA) is 112 Å². The van der Waals surface area contributed by atoms with E-state index >= 15 is 0 Å². The molecule has 0 atom stereocenters. The van der Waals surface area contributed by atoms with Gasteiger partial charge in [0, 0.05) is 30.5 Å². The average Bonchev–Trinajstić information content (AvgIpc) is 3.08. The number of aliphatic hydroxyl groups excluding tert-OH is 1. The van der Waals surface area contributed by atoms with E-state index < -0.39 is 9.84 Å². The highest BCUT2D eigenvalue weighted by Gasteiger charge is 2.22. The summed E-state index contributed by atoms with van der Waals surface area (Å²) >= 11 is 0. The highest BCUT2D eigenvalue weighted by Crippen LogP contribution is 2.31. The summed E-state index contributed by atoms with van der Waals surface area (Å²) in [5.41, 5.74) is 1.93. The van der Waals surface area contributed by atoms with Crippen molar-refractivity contribution in [1.29, 1.82) is 0 Å². The summed E-state index contributed by atoms with van der Waals surface area (Å²) in [6.07, 6.45) is 7.62. The van der Waals surface area contributed by atoms with Crippen LogP contribution in [0.25, 0.3) is 10.9 Å². The first kappa shape index (κ1) is 19.7. The number of rotatable bonds is 5. The minimum absolute atomic E-state index is 0.00736. The first-order chi connectivity index (χ1) is 13.8. The van der Waals surface area contributed by atoms with Crippen LogP contribution in [0.4, 0.5) is 0 Å². The molecule has 1 aliphatic rings. The van der Waals surface area contributed by atoms with Crippen molar-refractivity contribution in [2.75, 3.05) is 6.26 Å². The SMILES string of the molecule is CS(=O)(=O)c1ccc(OC2CCC(O)CC2)c(Cc2c[nH]c3c(=O)[nH]ccc23)c1. The van der Waals surface area contributed by atoms with Crippen molar-refractivity contribution in [1.82, 2.24) is 9.97 Å². The van der Waals surface area contributed by atoms with Gasteiger partial charge in [-0.2, -0.15) is 0 Å². The van der Waals surface area contributed by atoms with Gasteiger partial charge in [-0.25, -0.2) is 8.42 Å². The van der Waals surface area contributed by atoms with Gasteiger partial charge in [0.25, 0.3) is 5.56 Å². The Kier molecular flexibility index (Phi) is 5.23. The molecule has 0 amide bonds. The second-order valence-electron chi connectivity index (χ2n) is 7.68. The first-order valence-electron chi connectivity index (χ1n) is 9.66. The summed E-state index contributed by atoms with van der Waals surface area (Å²) in [5.74, 6) is 0.637. The zero-order chi connectivity index (χ0) is 20.6. The average molecular weight is 416 g/mol. The van der Waals surface area contributed by atoms with E-state index in [4.69, 9.17) is 4.74 Å². The van der Waals surface area contributed by atoms with Crippen LogP contribution < -0.4 is 10.3 Å². The molecule has 2 heterocycles. The van der Waals surface area contributed by atoms with Crippen molar-refractivity contribution < 1.29 is 18.3 Å². The monoisotopic (exact) mass is 416 g/mol.